The maximum Gasteiger partial charge on any atom is 0.339 e. The maximum atomic E-state index is 11.1. The van der Waals surface area contributed by atoms with Crippen LogP contribution in [0.25, 0.3) is 0 Å². The molecule has 0 aliphatic rings. The molecule has 0 aromatic heterocycles. The summed E-state index contributed by atoms with van der Waals surface area (Å²) in [5.74, 6) is -1.32. The molecule has 0 heterocycles. The third kappa shape index (κ3) is 1.46. The number of carboxylic acids is 1. The molecule has 48 valence electrons. The summed E-state index contributed by atoms with van der Waals surface area (Å²) in [7, 11) is 0. The molecule has 0 rings (SSSR count). The van der Waals surface area contributed by atoms with Crippen LogP contribution in [0.2, 0.25) is 0 Å². The summed E-state index contributed by atoms with van der Waals surface area (Å²) in [6, 6.07) is 0. The van der Waals surface area contributed by atoms with Gasteiger partial charge in [-0.15, -0.1) is 0 Å². The summed E-state index contributed by atoms with van der Waals surface area (Å²) in [5, 5.41) is 8.08. The van der Waals surface area contributed by atoms with E-state index >= 15 is 0 Å². The highest BCUT2D eigenvalue weighted by Gasteiger charge is 2.29. The minimum absolute atomic E-state index is 1.12. The number of rotatable bonds is 2. The van der Waals surface area contributed by atoms with Gasteiger partial charge in [0, 0.05) is 0 Å². The fraction of sp³-hybridized carbons (Fsp3) is 0.750. The predicted molar refractivity (Wildman–Crippen MR) is 23.9 cm³/mol. The van der Waals surface area contributed by atoms with Gasteiger partial charge in [0.05, 0.1) is 0 Å². The van der Waals surface area contributed by atoms with Crippen LogP contribution in [-0.4, -0.2) is 16.7 Å². The Hall–Kier alpha value is -0.640. The monoisotopic (exact) mass is 122 g/mol. The van der Waals surface area contributed by atoms with Gasteiger partial charge in [-0.2, -0.15) is 4.94 Å². The first-order valence-electron chi connectivity index (χ1n) is 2.04. The third-order valence-corrected chi connectivity index (χ3v) is 0.708. The van der Waals surface area contributed by atoms with E-state index in [0.717, 1.165) is 13.8 Å². The molecule has 0 amide bonds. The first-order chi connectivity index (χ1) is 3.50. The fourth-order valence-electron chi connectivity index (χ4n) is 0.0330. The molecule has 0 saturated heterocycles. The van der Waals surface area contributed by atoms with Gasteiger partial charge in [0.25, 0.3) is 0 Å². The molecule has 0 radical (unpaired) electrons. The van der Waals surface area contributed by atoms with Gasteiger partial charge in [0.1, 0.15) is 0 Å². The standard InChI is InChI=1S/C4H7FO3/c1-4(2,8-5)3(6)7/h1-2H3,(H,6,7). The van der Waals surface area contributed by atoms with Crippen LogP contribution < -0.4 is 0 Å². The molecule has 0 aliphatic carbocycles. The Kier molecular flexibility index (Phi) is 1.92. The van der Waals surface area contributed by atoms with Crippen molar-refractivity contribution in [2.75, 3.05) is 0 Å². The highest BCUT2D eigenvalue weighted by molar-refractivity contribution is 5.76. The second kappa shape index (κ2) is 2.09. The van der Waals surface area contributed by atoms with Crippen LogP contribution in [0, 0.1) is 0 Å². The molecule has 3 nitrogen and oxygen atoms in total. The maximum absolute atomic E-state index is 11.1. The van der Waals surface area contributed by atoms with Crippen molar-refractivity contribution in [1.29, 1.82) is 0 Å². The third-order valence-electron chi connectivity index (χ3n) is 0.708. The normalized spacial score (nSPS) is 11.4. The summed E-state index contributed by atoms with van der Waals surface area (Å²) >= 11 is 0. The Labute approximate surface area is 46.0 Å². The van der Waals surface area contributed by atoms with Crippen LogP contribution in [-0.2, 0) is 9.74 Å². The molecular weight excluding hydrogens is 115 g/mol. The lowest BCUT2D eigenvalue weighted by Gasteiger charge is -2.10. The highest BCUT2D eigenvalue weighted by Crippen LogP contribution is 2.08. The quantitative estimate of drug-likeness (QED) is 0.587. The smallest absolute Gasteiger partial charge is 0.339 e. The van der Waals surface area contributed by atoms with Crippen molar-refractivity contribution in [2.24, 2.45) is 0 Å². The molecule has 0 atom stereocenters. The number of carboxylic acid groups (broad SMARTS) is 1. The molecule has 0 aliphatic heterocycles. The van der Waals surface area contributed by atoms with E-state index in [4.69, 9.17) is 5.11 Å². The second-order valence-corrected chi connectivity index (χ2v) is 1.89. The van der Waals surface area contributed by atoms with Gasteiger partial charge in [-0.25, -0.2) is 4.79 Å². The van der Waals surface area contributed by atoms with Crippen LogP contribution in [0.15, 0.2) is 0 Å². The molecule has 0 saturated carbocycles. The van der Waals surface area contributed by atoms with E-state index < -0.39 is 11.6 Å². The number of halogens is 1. The lowest BCUT2D eigenvalue weighted by Crippen LogP contribution is -2.31. The van der Waals surface area contributed by atoms with Gasteiger partial charge in [-0.3, -0.25) is 0 Å². The van der Waals surface area contributed by atoms with E-state index in [2.05, 4.69) is 4.94 Å². The van der Waals surface area contributed by atoms with Crippen LogP contribution in [0.4, 0.5) is 4.53 Å². The van der Waals surface area contributed by atoms with Crippen LogP contribution in [0.3, 0.4) is 0 Å². The predicted octanol–water partition coefficient (Wildman–Crippen LogP) is 0.751. The molecule has 0 aromatic carbocycles. The zero-order chi connectivity index (χ0) is 6.78. The van der Waals surface area contributed by atoms with Crippen molar-refractivity contribution in [3.8, 4) is 0 Å². The molecular formula is C4H7FO3. The van der Waals surface area contributed by atoms with Gasteiger partial charge in [-0.05, 0) is 18.4 Å². The summed E-state index contributed by atoms with van der Waals surface area (Å²) in [6.45, 7) is 2.24. The van der Waals surface area contributed by atoms with E-state index in [1.54, 1.807) is 0 Å². The molecule has 0 bridgehead atoms. The summed E-state index contributed by atoms with van der Waals surface area (Å²) in [5.41, 5.74) is -1.71. The molecule has 0 unspecified atom stereocenters. The Balaban J connectivity index is 3.91. The zero-order valence-electron chi connectivity index (χ0n) is 4.64. The van der Waals surface area contributed by atoms with E-state index in [-0.39, 0.29) is 0 Å². The second-order valence-electron chi connectivity index (χ2n) is 1.89. The fourth-order valence-corrected chi connectivity index (χ4v) is 0.0330. The van der Waals surface area contributed by atoms with Crippen LogP contribution >= 0.6 is 0 Å². The lowest BCUT2D eigenvalue weighted by atomic mass is 10.1. The van der Waals surface area contributed by atoms with Crippen molar-refractivity contribution < 1.29 is 19.4 Å². The number of hydrogen-bond acceptors (Lipinski definition) is 2. The molecule has 4 heteroatoms. The van der Waals surface area contributed by atoms with E-state index in [0.29, 0.717) is 0 Å². The average molecular weight is 122 g/mol. The molecule has 8 heavy (non-hydrogen) atoms. The van der Waals surface area contributed by atoms with E-state index in [1.165, 1.54) is 0 Å². The van der Waals surface area contributed by atoms with Crippen LogP contribution in [0.5, 0.6) is 0 Å². The molecule has 1 N–H and O–H groups in total. The number of carbonyl (C=O) groups is 1. The van der Waals surface area contributed by atoms with Gasteiger partial charge < -0.3 is 5.11 Å². The van der Waals surface area contributed by atoms with Crippen molar-refractivity contribution in [3.63, 3.8) is 0 Å². The number of aliphatic carboxylic acids is 1. The van der Waals surface area contributed by atoms with Gasteiger partial charge in [0.2, 0.25) is 0 Å². The Morgan fingerprint density at radius 1 is 1.75 bits per heavy atom. The largest absolute Gasteiger partial charge is 0.479 e. The van der Waals surface area contributed by atoms with Gasteiger partial charge in [0.15, 0.2) is 5.60 Å². The first-order valence-corrected chi connectivity index (χ1v) is 2.04. The average Bonchev–Trinajstić information content (AvgIpc) is 1.67. The summed E-state index contributed by atoms with van der Waals surface area (Å²) < 4.78 is 11.1. The minimum Gasteiger partial charge on any atom is -0.479 e. The van der Waals surface area contributed by atoms with Crippen molar-refractivity contribution in [3.05, 3.63) is 0 Å². The Bertz CT molecular complexity index is 99.5. The minimum atomic E-state index is -1.71. The molecule has 0 spiro atoms. The zero-order valence-corrected chi connectivity index (χ0v) is 4.64. The molecule has 0 fully saturated rings. The summed E-state index contributed by atoms with van der Waals surface area (Å²) in [6.07, 6.45) is 0. The topological polar surface area (TPSA) is 46.5 Å². The lowest BCUT2D eigenvalue weighted by molar-refractivity contribution is -0.230. The summed E-state index contributed by atoms with van der Waals surface area (Å²) in [4.78, 5) is 13.0. The van der Waals surface area contributed by atoms with Crippen molar-refractivity contribution in [1.82, 2.24) is 0 Å². The Morgan fingerprint density at radius 3 is 2.12 bits per heavy atom. The van der Waals surface area contributed by atoms with Gasteiger partial charge >= 0.3 is 5.97 Å². The van der Waals surface area contributed by atoms with Crippen molar-refractivity contribution >= 4 is 5.97 Å². The van der Waals surface area contributed by atoms with Crippen molar-refractivity contribution in [2.45, 2.75) is 19.4 Å². The SMILES string of the molecule is CC(C)(OF)C(=O)O. The molecule has 0 aromatic rings. The van der Waals surface area contributed by atoms with Gasteiger partial charge in [-0.1, -0.05) is 0 Å². The highest BCUT2D eigenvalue weighted by atomic mass is 19.3. The van der Waals surface area contributed by atoms with E-state index in [1.807, 2.05) is 0 Å². The Morgan fingerprint density at radius 2 is 2.12 bits per heavy atom. The van der Waals surface area contributed by atoms with E-state index in [9.17, 15) is 9.32 Å². The van der Waals surface area contributed by atoms with Crippen LogP contribution in [0.1, 0.15) is 13.8 Å². The number of hydrogen-bond donors (Lipinski definition) is 1. The first kappa shape index (κ1) is 7.36.